The Kier molecular flexibility index (Phi) is 6.57. The Labute approximate surface area is 183 Å². The predicted octanol–water partition coefficient (Wildman–Crippen LogP) is 4.13. The predicted molar refractivity (Wildman–Crippen MR) is 118 cm³/mol. The molecule has 2 heterocycles. The highest BCUT2D eigenvalue weighted by Crippen LogP contribution is 2.20. The second-order valence-electron chi connectivity index (χ2n) is 7.79. The Morgan fingerprint density at radius 1 is 0.968 bits per heavy atom. The number of rotatable bonds is 7. The molecule has 0 aliphatic carbocycles. The van der Waals surface area contributed by atoms with Gasteiger partial charge in [-0.05, 0) is 48.9 Å². The van der Waals surface area contributed by atoms with E-state index >= 15 is 0 Å². The molecule has 6 nitrogen and oxygen atoms in total. The van der Waals surface area contributed by atoms with Crippen LogP contribution >= 0.6 is 0 Å². The van der Waals surface area contributed by atoms with Crippen LogP contribution in [0.5, 0.6) is 11.5 Å². The lowest BCUT2D eigenvalue weighted by Crippen LogP contribution is -2.48. The van der Waals surface area contributed by atoms with E-state index in [1.807, 2.05) is 29.2 Å². The lowest BCUT2D eigenvalue weighted by molar-refractivity contribution is 0.0594. The van der Waals surface area contributed by atoms with Gasteiger partial charge in [0.05, 0.1) is 7.11 Å². The Bertz CT molecular complexity index is 1000. The zero-order valence-electron chi connectivity index (χ0n) is 18.0. The van der Waals surface area contributed by atoms with Crippen molar-refractivity contribution in [3.8, 4) is 11.5 Å². The van der Waals surface area contributed by atoms with Crippen LogP contribution in [0.4, 0.5) is 0 Å². The van der Waals surface area contributed by atoms with Crippen molar-refractivity contribution >= 4 is 5.91 Å². The van der Waals surface area contributed by atoms with E-state index in [1.165, 1.54) is 11.1 Å². The van der Waals surface area contributed by atoms with Crippen LogP contribution in [0.3, 0.4) is 0 Å². The minimum atomic E-state index is -0.0640. The molecule has 6 heteroatoms. The van der Waals surface area contributed by atoms with Crippen LogP contribution in [0.25, 0.3) is 0 Å². The van der Waals surface area contributed by atoms with Crippen molar-refractivity contribution in [1.82, 2.24) is 9.80 Å². The van der Waals surface area contributed by atoms with E-state index in [9.17, 15) is 4.79 Å². The zero-order chi connectivity index (χ0) is 21.6. The molecule has 0 saturated carbocycles. The number of amides is 1. The number of piperazine rings is 1. The van der Waals surface area contributed by atoms with Gasteiger partial charge in [-0.1, -0.05) is 29.8 Å². The summed E-state index contributed by atoms with van der Waals surface area (Å²) in [6, 6.07) is 19.5. The van der Waals surface area contributed by atoms with Crippen LogP contribution in [0.2, 0.25) is 0 Å². The largest absolute Gasteiger partial charge is 0.497 e. The normalized spacial score (nSPS) is 14.5. The molecule has 0 radical (unpaired) electrons. The third-order valence-corrected chi connectivity index (χ3v) is 5.46. The summed E-state index contributed by atoms with van der Waals surface area (Å²) < 4.78 is 16.6. The van der Waals surface area contributed by atoms with Crippen LogP contribution in [-0.4, -0.2) is 49.0 Å². The van der Waals surface area contributed by atoms with E-state index in [0.717, 1.165) is 31.1 Å². The molecular formula is C25H28N2O4. The van der Waals surface area contributed by atoms with Gasteiger partial charge in [0.15, 0.2) is 5.76 Å². The maximum absolute atomic E-state index is 12.8. The molecule has 0 bridgehead atoms. The Hall–Kier alpha value is -3.25. The lowest BCUT2D eigenvalue weighted by Gasteiger charge is -2.34. The van der Waals surface area contributed by atoms with Gasteiger partial charge >= 0.3 is 0 Å². The number of nitrogens with zero attached hydrogens (tertiary/aromatic N) is 2. The van der Waals surface area contributed by atoms with Gasteiger partial charge in [-0.25, -0.2) is 0 Å². The van der Waals surface area contributed by atoms with Gasteiger partial charge in [-0.3, -0.25) is 9.69 Å². The molecule has 31 heavy (non-hydrogen) atoms. The fourth-order valence-electron chi connectivity index (χ4n) is 3.73. The van der Waals surface area contributed by atoms with Crippen LogP contribution in [-0.2, 0) is 13.2 Å². The highest BCUT2D eigenvalue weighted by molar-refractivity contribution is 5.91. The van der Waals surface area contributed by atoms with E-state index in [-0.39, 0.29) is 12.5 Å². The molecule has 3 aromatic rings. The van der Waals surface area contributed by atoms with Crippen molar-refractivity contribution in [2.75, 3.05) is 33.3 Å². The first kappa shape index (κ1) is 21.0. The molecule has 1 aliphatic rings. The number of furan rings is 1. The van der Waals surface area contributed by atoms with Gasteiger partial charge in [0.2, 0.25) is 0 Å². The Morgan fingerprint density at radius 2 is 1.71 bits per heavy atom. The fraction of sp³-hybridized carbons (Fsp3) is 0.320. The maximum atomic E-state index is 12.8. The minimum absolute atomic E-state index is 0.0640. The summed E-state index contributed by atoms with van der Waals surface area (Å²) in [7, 11) is 1.63. The number of carbonyl (C=O) groups excluding carboxylic acids is 1. The molecular weight excluding hydrogens is 392 g/mol. The number of benzene rings is 2. The van der Waals surface area contributed by atoms with Crippen LogP contribution in [0, 0.1) is 6.92 Å². The fourth-order valence-corrected chi connectivity index (χ4v) is 3.73. The highest BCUT2D eigenvalue weighted by atomic mass is 16.5. The number of aryl methyl sites for hydroxylation is 1. The molecule has 1 aliphatic heterocycles. The molecule has 1 aromatic heterocycles. The average molecular weight is 421 g/mol. The number of hydrogen-bond acceptors (Lipinski definition) is 5. The number of hydrogen-bond donors (Lipinski definition) is 0. The van der Waals surface area contributed by atoms with Gasteiger partial charge in [-0.2, -0.15) is 0 Å². The highest BCUT2D eigenvalue weighted by Gasteiger charge is 2.24. The summed E-state index contributed by atoms with van der Waals surface area (Å²) in [5, 5.41) is 0. The number of carbonyl (C=O) groups is 1. The molecule has 1 saturated heterocycles. The summed E-state index contributed by atoms with van der Waals surface area (Å²) in [5.41, 5.74) is 2.59. The van der Waals surface area contributed by atoms with E-state index in [0.29, 0.717) is 24.6 Å². The van der Waals surface area contributed by atoms with Crippen molar-refractivity contribution in [2.24, 2.45) is 0 Å². The smallest absolute Gasteiger partial charge is 0.289 e. The molecule has 0 atom stereocenters. The van der Waals surface area contributed by atoms with Gasteiger partial charge in [0.25, 0.3) is 5.91 Å². The van der Waals surface area contributed by atoms with E-state index < -0.39 is 0 Å². The van der Waals surface area contributed by atoms with Gasteiger partial charge in [0.1, 0.15) is 23.9 Å². The first-order valence-corrected chi connectivity index (χ1v) is 10.5. The first-order valence-electron chi connectivity index (χ1n) is 10.5. The van der Waals surface area contributed by atoms with Crippen LogP contribution in [0.1, 0.15) is 27.4 Å². The molecule has 1 amide bonds. The summed E-state index contributed by atoms with van der Waals surface area (Å²) in [5.74, 6) is 2.41. The number of ether oxygens (including phenoxy) is 2. The van der Waals surface area contributed by atoms with Crippen LogP contribution in [0.15, 0.2) is 65.1 Å². The Morgan fingerprint density at radius 3 is 2.42 bits per heavy atom. The van der Waals surface area contributed by atoms with Gasteiger partial charge in [-0.15, -0.1) is 0 Å². The van der Waals surface area contributed by atoms with Crippen molar-refractivity contribution in [3.63, 3.8) is 0 Å². The van der Waals surface area contributed by atoms with Crippen LogP contribution < -0.4 is 9.47 Å². The Balaban J connectivity index is 1.26. The molecule has 0 N–H and O–H groups in total. The molecule has 0 unspecified atom stereocenters. The van der Waals surface area contributed by atoms with Crippen molar-refractivity contribution in [3.05, 3.63) is 83.3 Å². The maximum Gasteiger partial charge on any atom is 0.289 e. The van der Waals surface area contributed by atoms with E-state index in [4.69, 9.17) is 13.9 Å². The second-order valence-corrected chi connectivity index (χ2v) is 7.79. The minimum Gasteiger partial charge on any atom is -0.497 e. The molecule has 2 aromatic carbocycles. The zero-order valence-corrected chi connectivity index (χ0v) is 18.0. The van der Waals surface area contributed by atoms with Crippen molar-refractivity contribution in [1.29, 1.82) is 0 Å². The van der Waals surface area contributed by atoms with Gasteiger partial charge in [0, 0.05) is 32.7 Å². The summed E-state index contributed by atoms with van der Waals surface area (Å²) in [4.78, 5) is 17.1. The monoisotopic (exact) mass is 420 g/mol. The van der Waals surface area contributed by atoms with Crippen molar-refractivity contribution < 1.29 is 18.7 Å². The molecule has 0 spiro atoms. The average Bonchev–Trinajstić information content (AvgIpc) is 3.27. The van der Waals surface area contributed by atoms with E-state index in [2.05, 4.69) is 36.1 Å². The van der Waals surface area contributed by atoms with Gasteiger partial charge < -0.3 is 18.8 Å². The summed E-state index contributed by atoms with van der Waals surface area (Å²) >= 11 is 0. The SMILES string of the molecule is COc1ccc(OCc2ccc(C(=O)N3CCN(Cc4cccc(C)c4)CC3)o2)cc1. The molecule has 4 rings (SSSR count). The molecule has 1 fully saturated rings. The third kappa shape index (κ3) is 5.47. The lowest BCUT2D eigenvalue weighted by atomic mass is 10.1. The first-order chi connectivity index (χ1) is 15.1. The molecule has 162 valence electrons. The van der Waals surface area contributed by atoms with Crippen molar-refractivity contribution in [2.45, 2.75) is 20.1 Å². The topological polar surface area (TPSA) is 55.2 Å². The van der Waals surface area contributed by atoms with E-state index in [1.54, 1.807) is 19.2 Å². The second kappa shape index (κ2) is 9.71. The number of methoxy groups -OCH3 is 1. The summed E-state index contributed by atoms with van der Waals surface area (Å²) in [6.45, 7) is 6.40. The quantitative estimate of drug-likeness (QED) is 0.575. The third-order valence-electron chi connectivity index (χ3n) is 5.46. The summed E-state index contributed by atoms with van der Waals surface area (Å²) in [6.07, 6.45) is 0. The standard InChI is InChI=1S/C25H28N2O4/c1-19-4-3-5-20(16-19)17-26-12-14-27(15-13-26)25(28)24-11-10-23(31-24)18-30-22-8-6-21(29-2)7-9-22/h3-11,16H,12-15,17-18H2,1-2H3.